The molecule has 2 aromatic heterocycles. The van der Waals surface area contributed by atoms with Gasteiger partial charge in [0.25, 0.3) is 11.8 Å². The van der Waals surface area contributed by atoms with E-state index in [0.29, 0.717) is 43.4 Å². The number of hydrogen-bond donors (Lipinski definition) is 1. The molecule has 0 bridgehead atoms. The fourth-order valence-electron chi connectivity index (χ4n) is 3.14. The van der Waals surface area contributed by atoms with E-state index >= 15 is 0 Å². The summed E-state index contributed by atoms with van der Waals surface area (Å²) in [5, 5.41) is 6.96. The van der Waals surface area contributed by atoms with Crippen LogP contribution in [0.5, 0.6) is 0 Å². The molecule has 0 radical (unpaired) electrons. The van der Waals surface area contributed by atoms with Gasteiger partial charge in [-0.2, -0.15) is 5.10 Å². The van der Waals surface area contributed by atoms with Gasteiger partial charge < -0.3 is 15.0 Å². The number of nitrogens with one attached hydrogen (secondary N) is 1. The Labute approximate surface area is 168 Å². The second kappa shape index (κ2) is 8.24. The topological polar surface area (TPSA) is 89.3 Å². The van der Waals surface area contributed by atoms with Crippen molar-refractivity contribution in [3.8, 4) is 5.82 Å². The van der Waals surface area contributed by atoms with Crippen LogP contribution in [-0.2, 0) is 4.74 Å². The molecule has 1 saturated heterocycles. The second-order valence-corrected chi connectivity index (χ2v) is 6.72. The molecule has 2 amide bonds. The zero-order chi connectivity index (χ0) is 20.2. The Morgan fingerprint density at radius 2 is 1.93 bits per heavy atom. The number of carbonyl (C=O) groups is 2. The summed E-state index contributed by atoms with van der Waals surface area (Å²) in [6, 6.07) is 12.3. The van der Waals surface area contributed by atoms with Gasteiger partial charge in [0.1, 0.15) is 5.69 Å². The van der Waals surface area contributed by atoms with Crippen LogP contribution in [0.3, 0.4) is 0 Å². The van der Waals surface area contributed by atoms with E-state index in [1.54, 1.807) is 58.4 Å². The van der Waals surface area contributed by atoms with Crippen LogP contribution in [0.1, 0.15) is 26.4 Å². The van der Waals surface area contributed by atoms with Crippen LogP contribution in [0.2, 0.25) is 0 Å². The Kier molecular flexibility index (Phi) is 5.35. The number of morpholine rings is 1. The van der Waals surface area contributed by atoms with Crippen molar-refractivity contribution < 1.29 is 14.3 Å². The van der Waals surface area contributed by atoms with Gasteiger partial charge in [0, 0.05) is 36.7 Å². The number of amides is 2. The molecule has 0 atom stereocenters. The number of rotatable bonds is 4. The van der Waals surface area contributed by atoms with Crippen molar-refractivity contribution in [1.29, 1.82) is 0 Å². The van der Waals surface area contributed by atoms with Crippen molar-refractivity contribution in [2.45, 2.75) is 6.92 Å². The molecule has 148 valence electrons. The van der Waals surface area contributed by atoms with Crippen LogP contribution < -0.4 is 5.32 Å². The lowest BCUT2D eigenvalue weighted by Gasteiger charge is -2.27. The monoisotopic (exact) mass is 391 g/mol. The number of aryl methyl sites for hydroxylation is 1. The van der Waals surface area contributed by atoms with E-state index in [4.69, 9.17) is 4.74 Å². The van der Waals surface area contributed by atoms with Gasteiger partial charge in [-0.15, -0.1) is 0 Å². The van der Waals surface area contributed by atoms with Gasteiger partial charge in [0.05, 0.1) is 13.2 Å². The number of anilines is 1. The Hall–Kier alpha value is -3.52. The highest BCUT2D eigenvalue weighted by molar-refractivity contribution is 6.04. The van der Waals surface area contributed by atoms with E-state index in [2.05, 4.69) is 15.4 Å². The first-order chi connectivity index (χ1) is 14.1. The van der Waals surface area contributed by atoms with Crippen molar-refractivity contribution in [3.63, 3.8) is 0 Å². The Balaban J connectivity index is 1.53. The molecule has 0 spiro atoms. The molecule has 3 aromatic rings. The maximum absolute atomic E-state index is 12.8. The normalized spacial score (nSPS) is 13.9. The van der Waals surface area contributed by atoms with Crippen molar-refractivity contribution in [2.24, 2.45) is 0 Å². The Bertz CT molecular complexity index is 1030. The molecule has 1 aliphatic rings. The van der Waals surface area contributed by atoms with Crippen LogP contribution >= 0.6 is 0 Å². The van der Waals surface area contributed by atoms with E-state index in [0.717, 1.165) is 5.56 Å². The number of nitrogens with zero attached hydrogens (tertiary/aromatic N) is 4. The Morgan fingerprint density at radius 1 is 1.10 bits per heavy atom. The van der Waals surface area contributed by atoms with Crippen molar-refractivity contribution in [3.05, 3.63) is 71.7 Å². The number of pyridine rings is 1. The first kappa shape index (κ1) is 18.8. The molecule has 1 aromatic carbocycles. The molecule has 0 unspecified atom stereocenters. The number of ether oxygens (including phenoxy) is 1. The minimum absolute atomic E-state index is 0.0549. The summed E-state index contributed by atoms with van der Waals surface area (Å²) in [5.74, 6) is 0.142. The fourth-order valence-corrected chi connectivity index (χ4v) is 3.14. The van der Waals surface area contributed by atoms with Crippen molar-refractivity contribution >= 4 is 17.5 Å². The maximum atomic E-state index is 12.8. The van der Waals surface area contributed by atoms with Gasteiger partial charge in [0.15, 0.2) is 5.82 Å². The third-order valence-corrected chi connectivity index (χ3v) is 4.73. The first-order valence-electron chi connectivity index (χ1n) is 9.38. The van der Waals surface area contributed by atoms with Crippen molar-refractivity contribution in [2.75, 3.05) is 31.6 Å². The average molecular weight is 391 g/mol. The second-order valence-electron chi connectivity index (χ2n) is 6.72. The molecule has 3 heterocycles. The molecule has 1 fully saturated rings. The maximum Gasteiger partial charge on any atom is 0.274 e. The summed E-state index contributed by atoms with van der Waals surface area (Å²) in [5.41, 5.74) is 2.24. The summed E-state index contributed by atoms with van der Waals surface area (Å²) in [6.45, 7) is 4.10. The van der Waals surface area contributed by atoms with E-state index in [9.17, 15) is 9.59 Å². The van der Waals surface area contributed by atoms with Gasteiger partial charge in [0.2, 0.25) is 0 Å². The molecular formula is C21H21N5O3. The van der Waals surface area contributed by atoms with Crippen LogP contribution in [0.25, 0.3) is 5.82 Å². The smallest absolute Gasteiger partial charge is 0.274 e. The molecule has 8 heteroatoms. The summed E-state index contributed by atoms with van der Waals surface area (Å²) in [7, 11) is 0. The van der Waals surface area contributed by atoms with Crippen LogP contribution in [0.4, 0.5) is 5.69 Å². The number of carbonyl (C=O) groups excluding carboxylic acids is 2. The summed E-state index contributed by atoms with van der Waals surface area (Å²) < 4.78 is 6.90. The van der Waals surface area contributed by atoms with Gasteiger partial charge in [-0.25, -0.2) is 9.67 Å². The molecule has 8 nitrogen and oxygen atoms in total. The standard InChI is InChI=1S/C21H21N5O3/c1-15-6-7-16(14-17(15)21(28)25-10-12-29-13-11-25)23-20(27)18-4-2-5-19(24-18)26-9-3-8-22-26/h2-9,14H,10-13H2,1H3,(H,23,27). The van der Waals surface area contributed by atoms with Gasteiger partial charge in [-0.3, -0.25) is 9.59 Å². The van der Waals surface area contributed by atoms with E-state index in [1.807, 2.05) is 13.0 Å². The SMILES string of the molecule is Cc1ccc(NC(=O)c2cccc(-n3cccn3)n2)cc1C(=O)N1CCOCC1. The minimum Gasteiger partial charge on any atom is -0.378 e. The van der Waals surface area contributed by atoms with Crippen LogP contribution in [0, 0.1) is 6.92 Å². The molecular weight excluding hydrogens is 370 g/mol. The zero-order valence-electron chi connectivity index (χ0n) is 16.0. The zero-order valence-corrected chi connectivity index (χ0v) is 16.0. The summed E-state index contributed by atoms with van der Waals surface area (Å²) >= 11 is 0. The van der Waals surface area contributed by atoms with E-state index in [1.165, 1.54) is 0 Å². The molecule has 1 aliphatic heterocycles. The van der Waals surface area contributed by atoms with Crippen molar-refractivity contribution in [1.82, 2.24) is 19.7 Å². The molecule has 0 aliphatic carbocycles. The quantitative estimate of drug-likeness (QED) is 0.737. The van der Waals surface area contributed by atoms with Crippen LogP contribution in [0.15, 0.2) is 54.9 Å². The molecule has 29 heavy (non-hydrogen) atoms. The minimum atomic E-state index is -0.354. The van der Waals surface area contributed by atoms with Crippen LogP contribution in [-0.4, -0.2) is 57.8 Å². The summed E-state index contributed by atoms with van der Waals surface area (Å²) in [6.07, 6.45) is 3.40. The van der Waals surface area contributed by atoms with Gasteiger partial charge in [-0.05, 0) is 42.8 Å². The molecule has 1 N–H and O–H groups in total. The van der Waals surface area contributed by atoms with Gasteiger partial charge >= 0.3 is 0 Å². The molecule has 0 saturated carbocycles. The predicted octanol–water partition coefficient (Wildman–Crippen LogP) is 2.30. The van der Waals surface area contributed by atoms with E-state index < -0.39 is 0 Å². The summed E-state index contributed by atoms with van der Waals surface area (Å²) in [4.78, 5) is 31.7. The first-order valence-corrected chi connectivity index (χ1v) is 9.38. The number of hydrogen-bond acceptors (Lipinski definition) is 5. The third kappa shape index (κ3) is 4.17. The van der Waals surface area contributed by atoms with Gasteiger partial charge in [-0.1, -0.05) is 12.1 Å². The highest BCUT2D eigenvalue weighted by Gasteiger charge is 2.21. The highest BCUT2D eigenvalue weighted by atomic mass is 16.5. The lowest BCUT2D eigenvalue weighted by atomic mass is 10.1. The lowest BCUT2D eigenvalue weighted by molar-refractivity contribution is 0.0302. The lowest BCUT2D eigenvalue weighted by Crippen LogP contribution is -2.41. The molecule has 4 rings (SSSR count). The predicted molar refractivity (Wildman–Crippen MR) is 107 cm³/mol. The fraction of sp³-hybridized carbons (Fsp3) is 0.238. The Morgan fingerprint density at radius 3 is 2.69 bits per heavy atom. The average Bonchev–Trinajstić information content (AvgIpc) is 3.30. The van der Waals surface area contributed by atoms with E-state index in [-0.39, 0.29) is 17.5 Å². The highest BCUT2D eigenvalue weighted by Crippen LogP contribution is 2.19. The number of benzene rings is 1. The number of aromatic nitrogens is 3. The largest absolute Gasteiger partial charge is 0.378 e. The third-order valence-electron chi connectivity index (χ3n) is 4.73.